The van der Waals surface area contributed by atoms with Gasteiger partial charge in [0.05, 0.1) is 11.7 Å². The largest absolute Gasteiger partial charge is 0.306 e. The number of rotatable bonds is 3. The summed E-state index contributed by atoms with van der Waals surface area (Å²) in [5.41, 5.74) is 1.40. The Kier molecular flexibility index (Phi) is 3.61. The van der Waals surface area contributed by atoms with E-state index in [2.05, 4.69) is 22.0 Å². The van der Waals surface area contributed by atoms with Crippen molar-refractivity contribution in [3.8, 4) is 11.9 Å². The van der Waals surface area contributed by atoms with Crippen molar-refractivity contribution in [2.75, 3.05) is 5.32 Å². The summed E-state index contributed by atoms with van der Waals surface area (Å²) in [5, 5.41) is 17.0. The van der Waals surface area contributed by atoms with Crippen molar-refractivity contribution in [2.45, 2.75) is 6.92 Å². The molecule has 0 unspecified atom stereocenters. The van der Waals surface area contributed by atoms with Crippen molar-refractivity contribution in [1.82, 2.24) is 14.8 Å². The predicted octanol–water partition coefficient (Wildman–Crippen LogP) is 2.81. The first-order valence-corrected chi connectivity index (χ1v) is 6.91. The minimum atomic E-state index is -0.371. The SMILES string of the molecule is C=C(C)C(=O)Nc1c(C#N)cnn1-c1ccc2ccccc2n1. The average molecular weight is 303 g/mol. The van der Waals surface area contributed by atoms with Crippen LogP contribution in [0, 0.1) is 11.3 Å². The number of anilines is 1. The molecule has 1 N–H and O–H groups in total. The number of pyridine rings is 1. The second-order valence-electron chi connectivity index (χ2n) is 5.03. The Hall–Kier alpha value is -3.46. The van der Waals surface area contributed by atoms with Crippen molar-refractivity contribution in [2.24, 2.45) is 0 Å². The van der Waals surface area contributed by atoms with Crippen LogP contribution in [0.1, 0.15) is 12.5 Å². The van der Waals surface area contributed by atoms with E-state index in [0.29, 0.717) is 11.4 Å². The van der Waals surface area contributed by atoms with Gasteiger partial charge in [-0.25, -0.2) is 4.98 Å². The van der Waals surface area contributed by atoms with Crippen LogP contribution in [0.4, 0.5) is 5.82 Å². The summed E-state index contributed by atoms with van der Waals surface area (Å²) < 4.78 is 1.44. The summed E-state index contributed by atoms with van der Waals surface area (Å²) in [6, 6.07) is 13.4. The van der Waals surface area contributed by atoms with Gasteiger partial charge in [0.25, 0.3) is 5.91 Å². The molecule has 0 bridgehead atoms. The lowest BCUT2D eigenvalue weighted by Crippen LogP contribution is -2.16. The van der Waals surface area contributed by atoms with Gasteiger partial charge in [-0.3, -0.25) is 4.79 Å². The molecule has 23 heavy (non-hydrogen) atoms. The number of nitrogens with zero attached hydrogens (tertiary/aromatic N) is 4. The molecule has 0 aliphatic rings. The minimum absolute atomic E-state index is 0.259. The summed E-state index contributed by atoms with van der Waals surface area (Å²) in [4.78, 5) is 16.4. The van der Waals surface area contributed by atoms with Crippen molar-refractivity contribution in [3.63, 3.8) is 0 Å². The molecule has 3 aromatic rings. The van der Waals surface area contributed by atoms with Crippen LogP contribution in [-0.4, -0.2) is 20.7 Å². The van der Waals surface area contributed by atoms with Gasteiger partial charge in [-0.05, 0) is 25.1 Å². The van der Waals surface area contributed by atoms with E-state index in [0.717, 1.165) is 10.9 Å². The van der Waals surface area contributed by atoms with E-state index in [9.17, 15) is 10.1 Å². The highest BCUT2D eigenvalue weighted by Gasteiger charge is 2.16. The predicted molar refractivity (Wildman–Crippen MR) is 87.0 cm³/mol. The molecule has 0 radical (unpaired) electrons. The van der Waals surface area contributed by atoms with Crippen molar-refractivity contribution in [1.29, 1.82) is 5.26 Å². The van der Waals surface area contributed by atoms with Gasteiger partial charge >= 0.3 is 0 Å². The van der Waals surface area contributed by atoms with Crippen LogP contribution in [0.15, 0.2) is 54.7 Å². The molecule has 0 fully saturated rings. The number of aromatic nitrogens is 3. The van der Waals surface area contributed by atoms with E-state index in [4.69, 9.17) is 0 Å². The van der Waals surface area contributed by atoms with Gasteiger partial charge in [0.1, 0.15) is 11.6 Å². The maximum absolute atomic E-state index is 11.9. The van der Waals surface area contributed by atoms with Crippen molar-refractivity contribution < 1.29 is 4.79 Å². The fraction of sp³-hybridized carbons (Fsp3) is 0.0588. The van der Waals surface area contributed by atoms with Crippen molar-refractivity contribution in [3.05, 3.63) is 60.3 Å². The Labute approximate surface area is 132 Å². The van der Waals surface area contributed by atoms with Crippen LogP contribution >= 0.6 is 0 Å². The van der Waals surface area contributed by atoms with Gasteiger partial charge < -0.3 is 5.32 Å². The molecule has 112 valence electrons. The smallest absolute Gasteiger partial charge is 0.251 e. The number of nitrogens with one attached hydrogen (secondary N) is 1. The number of nitriles is 1. The Bertz CT molecular complexity index is 965. The van der Waals surface area contributed by atoms with Crippen LogP contribution in [-0.2, 0) is 4.79 Å². The summed E-state index contributed by atoms with van der Waals surface area (Å²) in [7, 11) is 0. The molecule has 1 amide bonds. The molecular weight excluding hydrogens is 290 g/mol. The van der Waals surface area contributed by atoms with E-state index in [1.54, 1.807) is 13.0 Å². The van der Waals surface area contributed by atoms with Gasteiger partial charge in [-0.15, -0.1) is 0 Å². The van der Waals surface area contributed by atoms with Gasteiger partial charge in [0.2, 0.25) is 0 Å². The fourth-order valence-corrected chi connectivity index (χ4v) is 2.11. The van der Waals surface area contributed by atoms with E-state index in [-0.39, 0.29) is 17.3 Å². The highest BCUT2D eigenvalue weighted by Crippen LogP contribution is 2.21. The van der Waals surface area contributed by atoms with E-state index >= 15 is 0 Å². The summed E-state index contributed by atoms with van der Waals surface area (Å²) in [6.07, 6.45) is 1.39. The summed E-state index contributed by atoms with van der Waals surface area (Å²) in [6.45, 7) is 5.19. The third-order valence-electron chi connectivity index (χ3n) is 3.31. The van der Waals surface area contributed by atoms with E-state index in [1.807, 2.05) is 36.4 Å². The number of fused-ring (bicyclic) bond motifs is 1. The number of carbonyl (C=O) groups excluding carboxylic acids is 1. The third-order valence-corrected chi connectivity index (χ3v) is 3.31. The zero-order chi connectivity index (χ0) is 16.4. The van der Waals surface area contributed by atoms with Gasteiger partial charge in [0.15, 0.2) is 11.6 Å². The highest BCUT2D eigenvalue weighted by atomic mass is 16.1. The monoisotopic (exact) mass is 303 g/mol. The van der Waals surface area contributed by atoms with Crippen LogP contribution < -0.4 is 5.32 Å². The molecule has 3 rings (SSSR count). The van der Waals surface area contributed by atoms with Gasteiger partial charge in [-0.1, -0.05) is 24.8 Å². The van der Waals surface area contributed by atoms with E-state index in [1.165, 1.54) is 10.9 Å². The molecule has 2 aromatic heterocycles. The second kappa shape index (κ2) is 5.73. The average Bonchev–Trinajstić information content (AvgIpc) is 2.97. The molecule has 1 aromatic carbocycles. The minimum Gasteiger partial charge on any atom is -0.306 e. The molecule has 0 atom stereocenters. The lowest BCUT2D eigenvalue weighted by Gasteiger charge is -2.09. The number of benzene rings is 1. The Morgan fingerprint density at radius 1 is 1.30 bits per heavy atom. The summed E-state index contributed by atoms with van der Waals surface area (Å²) in [5.74, 6) is 0.425. The van der Waals surface area contributed by atoms with Crippen LogP contribution in [0.3, 0.4) is 0 Å². The van der Waals surface area contributed by atoms with Gasteiger partial charge in [-0.2, -0.15) is 15.0 Å². The molecule has 0 aliphatic carbocycles. The summed E-state index contributed by atoms with van der Waals surface area (Å²) >= 11 is 0. The first kappa shape index (κ1) is 14.5. The molecule has 0 saturated carbocycles. The molecular formula is C17H13N5O. The fourth-order valence-electron chi connectivity index (χ4n) is 2.11. The Balaban J connectivity index is 2.11. The molecule has 2 heterocycles. The Morgan fingerprint density at radius 3 is 2.83 bits per heavy atom. The second-order valence-corrected chi connectivity index (χ2v) is 5.03. The lowest BCUT2D eigenvalue weighted by atomic mass is 10.2. The zero-order valence-electron chi connectivity index (χ0n) is 12.4. The number of hydrogen-bond donors (Lipinski definition) is 1. The van der Waals surface area contributed by atoms with Gasteiger partial charge in [0, 0.05) is 11.0 Å². The standard InChI is InChI=1S/C17H13N5O/c1-11(2)17(23)21-16-13(9-18)10-19-22(16)15-8-7-12-5-3-4-6-14(12)20-15/h3-8,10H,1H2,2H3,(H,21,23). The van der Waals surface area contributed by atoms with Crippen LogP contribution in [0.2, 0.25) is 0 Å². The lowest BCUT2D eigenvalue weighted by molar-refractivity contribution is -0.112. The first-order valence-electron chi connectivity index (χ1n) is 6.91. The maximum Gasteiger partial charge on any atom is 0.251 e. The molecule has 6 heteroatoms. The molecule has 0 aliphatic heterocycles. The molecule has 6 nitrogen and oxygen atoms in total. The van der Waals surface area contributed by atoms with Crippen molar-refractivity contribution >= 4 is 22.6 Å². The third kappa shape index (κ3) is 2.68. The number of para-hydroxylation sites is 1. The molecule has 0 spiro atoms. The normalized spacial score (nSPS) is 10.3. The number of hydrogen-bond acceptors (Lipinski definition) is 4. The van der Waals surface area contributed by atoms with Crippen LogP contribution in [0.5, 0.6) is 0 Å². The van der Waals surface area contributed by atoms with Crippen LogP contribution in [0.25, 0.3) is 16.7 Å². The maximum atomic E-state index is 11.9. The number of amides is 1. The topological polar surface area (TPSA) is 83.6 Å². The van der Waals surface area contributed by atoms with E-state index < -0.39 is 0 Å². The highest BCUT2D eigenvalue weighted by molar-refractivity contribution is 6.03. The zero-order valence-corrected chi connectivity index (χ0v) is 12.4. The number of carbonyl (C=O) groups is 1. The first-order chi connectivity index (χ1) is 11.1. The molecule has 0 saturated heterocycles. The Morgan fingerprint density at radius 2 is 2.09 bits per heavy atom. The quantitative estimate of drug-likeness (QED) is 0.754.